The molecular formula is C16H18N2O2S. The monoisotopic (exact) mass is 302 g/mol. The van der Waals surface area contributed by atoms with Crippen LogP contribution in [0.15, 0.2) is 42.6 Å². The molecule has 5 heteroatoms. The summed E-state index contributed by atoms with van der Waals surface area (Å²) < 4.78 is 11.0. The summed E-state index contributed by atoms with van der Waals surface area (Å²) >= 11 is 4.98. The molecule has 0 saturated carbocycles. The van der Waals surface area contributed by atoms with Crippen LogP contribution in [0.5, 0.6) is 5.75 Å². The van der Waals surface area contributed by atoms with E-state index < -0.39 is 0 Å². The van der Waals surface area contributed by atoms with Gasteiger partial charge in [-0.1, -0.05) is 24.4 Å². The average Bonchev–Trinajstić information content (AvgIpc) is 2.52. The van der Waals surface area contributed by atoms with E-state index in [4.69, 9.17) is 27.4 Å². The van der Waals surface area contributed by atoms with Gasteiger partial charge in [0.25, 0.3) is 0 Å². The summed E-state index contributed by atoms with van der Waals surface area (Å²) in [5, 5.41) is 0. The molecule has 0 amide bonds. The third kappa shape index (κ3) is 4.51. The number of hydrogen-bond donors (Lipinski definition) is 1. The fourth-order valence-corrected chi connectivity index (χ4v) is 2.11. The van der Waals surface area contributed by atoms with Crippen molar-refractivity contribution in [3.8, 4) is 5.75 Å². The molecule has 0 bridgehead atoms. The maximum absolute atomic E-state index is 5.66. The zero-order valence-corrected chi connectivity index (χ0v) is 12.7. The van der Waals surface area contributed by atoms with Gasteiger partial charge in [-0.15, -0.1) is 0 Å². The summed E-state index contributed by atoms with van der Waals surface area (Å²) in [5.41, 5.74) is 8.43. The van der Waals surface area contributed by atoms with Crippen molar-refractivity contribution in [3.63, 3.8) is 0 Å². The lowest BCUT2D eigenvalue weighted by Gasteiger charge is -2.10. The van der Waals surface area contributed by atoms with E-state index in [9.17, 15) is 0 Å². The zero-order valence-electron chi connectivity index (χ0n) is 11.9. The minimum atomic E-state index is 0.328. The van der Waals surface area contributed by atoms with Crippen molar-refractivity contribution >= 4 is 17.2 Å². The molecule has 0 unspecified atom stereocenters. The van der Waals surface area contributed by atoms with Gasteiger partial charge in [0, 0.05) is 18.3 Å². The third-order valence-corrected chi connectivity index (χ3v) is 3.25. The highest BCUT2D eigenvalue weighted by Gasteiger charge is 2.07. The van der Waals surface area contributed by atoms with Crippen LogP contribution >= 0.6 is 12.2 Å². The zero-order chi connectivity index (χ0) is 15.1. The van der Waals surface area contributed by atoms with Gasteiger partial charge in [0.1, 0.15) is 10.7 Å². The lowest BCUT2D eigenvalue weighted by atomic mass is 10.1. The van der Waals surface area contributed by atoms with E-state index >= 15 is 0 Å². The predicted octanol–water partition coefficient (Wildman–Crippen LogP) is 2.48. The van der Waals surface area contributed by atoms with Crippen LogP contribution in [0, 0.1) is 0 Å². The molecule has 0 spiro atoms. The van der Waals surface area contributed by atoms with Crippen LogP contribution in [0.3, 0.4) is 0 Å². The number of nitrogens with two attached hydrogens (primary N) is 1. The number of thiocarbonyl (C=S) groups is 1. The largest absolute Gasteiger partial charge is 0.496 e. The van der Waals surface area contributed by atoms with E-state index in [2.05, 4.69) is 4.98 Å². The van der Waals surface area contributed by atoms with E-state index in [0.29, 0.717) is 24.0 Å². The van der Waals surface area contributed by atoms with Crippen LogP contribution in [0.4, 0.5) is 0 Å². The Balaban J connectivity index is 1.87. The van der Waals surface area contributed by atoms with Gasteiger partial charge in [-0.2, -0.15) is 0 Å². The Kier molecular flexibility index (Phi) is 5.66. The lowest BCUT2D eigenvalue weighted by Crippen LogP contribution is -2.11. The fraction of sp³-hybridized carbons (Fsp3) is 0.250. The highest BCUT2D eigenvalue weighted by Crippen LogP contribution is 2.20. The molecule has 0 saturated heterocycles. The molecule has 2 aromatic rings. The highest BCUT2D eigenvalue weighted by molar-refractivity contribution is 7.80. The summed E-state index contributed by atoms with van der Waals surface area (Å²) in [5.74, 6) is 0.674. The van der Waals surface area contributed by atoms with Gasteiger partial charge in [-0.05, 0) is 29.8 Å². The van der Waals surface area contributed by atoms with Crippen molar-refractivity contribution < 1.29 is 9.47 Å². The van der Waals surface area contributed by atoms with Gasteiger partial charge in [-0.25, -0.2) is 0 Å². The summed E-state index contributed by atoms with van der Waals surface area (Å²) in [6.07, 6.45) is 2.58. The minimum absolute atomic E-state index is 0.328. The second kappa shape index (κ2) is 7.71. The van der Waals surface area contributed by atoms with E-state index in [1.54, 1.807) is 13.3 Å². The van der Waals surface area contributed by atoms with Crippen molar-refractivity contribution in [3.05, 3.63) is 59.4 Å². The SMILES string of the molecule is COc1cc(COCCc2ccccn2)ccc1C(N)=S. The number of ether oxygens (including phenoxy) is 2. The van der Waals surface area contributed by atoms with Gasteiger partial charge in [0.15, 0.2) is 0 Å². The first-order chi connectivity index (χ1) is 10.2. The highest BCUT2D eigenvalue weighted by atomic mass is 32.1. The van der Waals surface area contributed by atoms with Crippen molar-refractivity contribution in [2.24, 2.45) is 5.73 Å². The average molecular weight is 302 g/mol. The Morgan fingerprint density at radius 1 is 1.29 bits per heavy atom. The third-order valence-electron chi connectivity index (χ3n) is 3.03. The Morgan fingerprint density at radius 2 is 2.14 bits per heavy atom. The maximum atomic E-state index is 5.66. The topological polar surface area (TPSA) is 57.4 Å². The molecule has 0 aliphatic carbocycles. The van der Waals surface area contributed by atoms with Crippen LogP contribution in [-0.4, -0.2) is 23.7 Å². The predicted molar refractivity (Wildman–Crippen MR) is 86.5 cm³/mol. The quantitative estimate of drug-likeness (QED) is 0.629. The normalized spacial score (nSPS) is 10.3. The number of rotatable bonds is 7. The van der Waals surface area contributed by atoms with Crippen molar-refractivity contribution in [2.45, 2.75) is 13.0 Å². The molecule has 0 fully saturated rings. The second-order valence-corrected chi connectivity index (χ2v) is 4.96. The van der Waals surface area contributed by atoms with E-state index in [-0.39, 0.29) is 0 Å². The molecule has 1 aromatic carbocycles. The van der Waals surface area contributed by atoms with Crippen molar-refractivity contribution in [1.82, 2.24) is 4.98 Å². The fourth-order valence-electron chi connectivity index (χ4n) is 1.94. The molecule has 110 valence electrons. The number of benzene rings is 1. The maximum Gasteiger partial charge on any atom is 0.129 e. The Morgan fingerprint density at radius 3 is 2.81 bits per heavy atom. The first-order valence-electron chi connectivity index (χ1n) is 6.65. The van der Waals surface area contributed by atoms with Crippen LogP contribution in [0.2, 0.25) is 0 Å². The molecule has 2 rings (SSSR count). The second-order valence-electron chi connectivity index (χ2n) is 4.52. The van der Waals surface area contributed by atoms with Gasteiger partial charge in [-0.3, -0.25) is 4.98 Å². The van der Waals surface area contributed by atoms with Gasteiger partial charge >= 0.3 is 0 Å². The van der Waals surface area contributed by atoms with Crippen molar-refractivity contribution in [1.29, 1.82) is 0 Å². The smallest absolute Gasteiger partial charge is 0.129 e. The molecule has 1 heterocycles. The number of pyridine rings is 1. The minimum Gasteiger partial charge on any atom is -0.496 e. The molecule has 0 aliphatic heterocycles. The molecule has 0 aliphatic rings. The summed E-state index contributed by atoms with van der Waals surface area (Å²) in [6, 6.07) is 11.6. The number of aromatic nitrogens is 1. The van der Waals surface area contributed by atoms with E-state index in [1.807, 2.05) is 36.4 Å². The van der Waals surface area contributed by atoms with E-state index in [1.165, 1.54) is 0 Å². The van der Waals surface area contributed by atoms with Crippen LogP contribution < -0.4 is 10.5 Å². The van der Waals surface area contributed by atoms with Crippen LogP contribution in [0.1, 0.15) is 16.8 Å². The molecule has 0 radical (unpaired) electrons. The lowest BCUT2D eigenvalue weighted by molar-refractivity contribution is 0.123. The standard InChI is InChI=1S/C16H18N2O2S/c1-19-15-10-12(5-6-14(15)16(17)21)11-20-9-7-13-4-2-3-8-18-13/h2-6,8,10H,7,9,11H2,1H3,(H2,17,21). The molecule has 2 N–H and O–H groups in total. The van der Waals surface area contributed by atoms with Crippen LogP contribution in [-0.2, 0) is 17.8 Å². The van der Waals surface area contributed by atoms with Crippen molar-refractivity contribution in [2.75, 3.05) is 13.7 Å². The molecular weight excluding hydrogens is 284 g/mol. The first-order valence-corrected chi connectivity index (χ1v) is 7.06. The number of methoxy groups -OCH3 is 1. The summed E-state index contributed by atoms with van der Waals surface area (Å²) in [7, 11) is 1.60. The van der Waals surface area contributed by atoms with Gasteiger partial charge < -0.3 is 15.2 Å². The number of nitrogens with zero attached hydrogens (tertiary/aromatic N) is 1. The summed E-state index contributed by atoms with van der Waals surface area (Å²) in [4.78, 5) is 4.58. The number of hydrogen-bond acceptors (Lipinski definition) is 4. The summed E-state index contributed by atoms with van der Waals surface area (Å²) in [6.45, 7) is 1.14. The molecule has 4 nitrogen and oxygen atoms in total. The van der Waals surface area contributed by atoms with Crippen LogP contribution in [0.25, 0.3) is 0 Å². The Labute approximate surface area is 129 Å². The molecule has 0 atom stereocenters. The Bertz CT molecular complexity index is 602. The molecule has 1 aromatic heterocycles. The first kappa shape index (κ1) is 15.4. The van der Waals surface area contributed by atoms with Gasteiger partial charge in [0.2, 0.25) is 0 Å². The van der Waals surface area contributed by atoms with E-state index in [0.717, 1.165) is 23.2 Å². The Hall–Kier alpha value is -1.98. The van der Waals surface area contributed by atoms with Gasteiger partial charge in [0.05, 0.1) is 25.9 Å². The molecule has 21 heavy (non-hydrogen) atoms.